The van der Waals surface area contributed by atoms with Gasteiger partial charge in [0.1, 0.15) is 6.10 Å². The zero-order valence-corrected chi connectivity index (χ0v) is 15.9. The molecule has 2 fully saturated rings. The van der Waals surface area contributed by atoms with E-state index in [1.54, 1.807) is 6.92 Å². The smallest absolute Gasteiger partial charge is 0.253 e. The van der Waals surface area contributed by atoms with Gasteiger partial charge in [0.2, 0.25) is 0 Å². The number of aryl methyl sites for hydroxylation is 1. The second-order valence-corrected chi connectivity index (χ2v) is 8.14. The lowest BCUT2D eigenvalue weighted by Gasteiger charge is -2.49. The van der Waals surface area contributed by atoms with Crippen LogP contribution in [0.15, 0.2) is 24.3 Å². The third kappa shape index (κ3) is 4.11. The summed E-state index contributed by atoms with van der Waals surface area (Å²) in [6.07, 6.45) is 4.34. The minimum absolute atomic E-state index is 0.0597. The highest BCUT2D eigenvalue weighted by molar-refractivity contribution is 5.94. The summed E-state index contributed by atoms with van der Waals surface area (Å²) in [6, 6.07) is 7.96. The average Bonchev–Trinajstić information content (AvgIpc) is 2.64. The van der Waals surface area contributed by atoms with Crippen LogP contribution in [-0.4, -0.2) is 58.0 Å². The zero-order chi connectivity index (χ0) is 18.8. The fourth-order valence-electron chi connectivity index (χ4n) is 4.07. The van der Waals surface area contributed by atoms with Gasteiger partial charge in [0.05, 0.1) is 17.8 Å². The lowest BCUT2D eigenvalue weighted by molar-refractivity contribution is -0.221. The van der Waals surface area contributed by atoms with Gasteiger partial charge in [0.15, 0.2) is 0 Å². The molecule has 1 aromatic carbocycles. The molecule has 0 unspecified atom stereocenters. The van der Waals surface area contributed by atoms with Crippen molar-refractivity contribution in [1.29, 1.82) is 0 Å². The van der Waals surface area contributed by atoms with Crippen LogP contribution in [0.1, 0.15) is 61.9 Å². The first-order valence-electron chi connectivity index (χ1n) is 9.78. The highest BCUT2D eigenvalue weighted by atomic mass is 16.5. The van der Waals surface area contributed by atoms with Gasteiger partial charge in [-0.15, -0.1) is 0 Å². The minimum Gasteiger partial charge on any atom is -0.388 e. The van der Waals surface area contributed by atoms with Crippen molar-refractivity contribution in [2.45, 2.75) is 69.7 Å². The third-order valence-electron chi connectivity index (χ3n) is 5.93. The van der Waals surface area contributed by atoms with E-state index < -0.39 is 17.3 Å². The maximum absolute atomic E-state index is 12.8. The van der Waals surface area contributed by atoms with Crippen LogP contribution >= 0.6 is 0 Å². The number of amides is 1. The van der Waals surface area contributed by atoms with Gasteiger partial charge in [-0.05, 0) is 50.3 Å². The lowest BCUT2D eigenvalue weighted by Crippen LogP contribution is -2.59. The van der Waals surface area contributed by atoms with Crippen LogP contribution < -0.4 is 0 Å². The molecule has 144 valence electrons. The van der Waals surface area contributed by atoms with E-state index in [9.17, 15) is 15.0 Å². The second-order valence-electron chi connectivity index (χ2n) is 8.14. The van der Waals surface area contributed by atoms with Gasteiger partial charge in [-0.25, -0.2) is 0 Å². The fourth-order valence-corrected chi connectivity index (χ4v) is 4.07. The van der Waals surface area contributed by atoms with E-state index in [1.807, 2.05) is 17.0 Å². The van der Waals surface area contributed by atoms with Gasteiger partial charge in [0, 0.05) is 25.1 Å². The second kappa shape index (κ2) is 7.67. The molecule has 1 aromatic rings. The Morgan fingerprint density at radius 1 is 1.27 bits per heavy atom. The van der Waals surface area contributed by atoms with Crippen LogP contribution in [0.5, 0.6) is 0 Å². The Hall–Kier alpha value is -1.43. The van der Waals surface area contributed by atoms with Crippen molar-refractivity contribution in [3.63, 3.8) is 0 Å². The summed E-state index contributed by atoms with van der Waals surface area (Å²) >= 11 is 0. The number of nitrogens with zero attached hydrogens (tertiary/aromatic N) is 1. The maximum Gasteiger partial charge on any atom is 0.253 e. The first-order valence-corrected chi connectivity index (χ1v) is 9.78. The number of benzene rings is 1. The molecule has 2 heterocycles. The first kappa shape index (κ1) is 19.3. The number of ether oxygens (including phenoxy) is 1. The normalized spacial score (nSPS) is 28.3. The summed E-state index contributed by atoms with van der Waals surface area (Å²) in [5.74, 6) is 0.0597. The quantitative estimate of drug-likeness (QED) is 0.865. The first-order chi connectivity index (χ1) is 12.4. The Labute approximate surface area is 156 Å². The SMILES string of the molecule is CCCCc1ccc(C(=O)N2CCC3(CC2)C[C@](C)(O)[C@@H](O)CO3)cc1. The Morgan fingerprint density at radius 2 is 1.92 bits per heavy atom. The highest BCUT2D eigenvalue weighted by Gasteiger charge is 2.48. The average molecular weight is 361 g/mol. The predicted molar refractivity (Wildman–Crippen MR) is 100 cm³/mol. The van der Waals surface area contributed by atoms with Crippen molar-refractivity contribution in [2.24, 2.45) is 0 Å². The largest absolute Gasteiger partial charge is 0.388 e. The van der Waals surface area contributed by atoms with Crippen molar-refractivity contribution in [2.75, 3.05) is 19.7 Å². The third-order valence-corrected chi connectivity index (χ3v) is 5.93. The Kier molecular flexibility index (Phi) is 5.70. The number of carbonyl (C=O) groups is 1. The monoisotopic (exact) mass is 361 g/mol. The molecular weight excluding hydrogens is 330 g/mol. The van der Waals surface area contributed by atoms with Gasteiger partial charge in [-0.3, -0.25) is 4.79 Å². The van der Waals surface area contributed by atoms with Crippen molar-refractivity contribution >= 4 is 5.91 Å². The zero-order valence-electron chi connectivity index (χ0n) is 15.9. The number of aliphatic hydroxyl groups is 2. The molecule has 0 saturated carbocycles. The van der Waals surface area contributed by atoms with E-state index in [0.29, 0.717) is 32.4 Å². The summed E-state index contributed by atoms with van der Waals surface area (Å²) in [7, 11) is 0. The van der Waals surface area contributed by atoms with Gasteiger partial charge >= 0.3 is 0 Å². The van der Waals surface area contributed by atoms with Crippen molar-refractivity contribution < 1.29 is 19.7 Å². The predicted octanol–water partition coefficient (Wildman–Crippen LogP) is 2.54. The Bertz CT molecular complexity index is 617. The number of hydrogen-bond donors (Lipinski definition) is 2. The molecule has 5 heteroatoms. The lowest BCUT2D eigenvalue weighted by atomic mass is 9.76. The molecule has 2 saturated heterocycles. The van der Waals surface area contributed by atoms with Crippen LogP contribution in [0.4, 0.5) is 0 Å². The molecule has 2 N–H and O–H groups in total. The van der Waals surface area contributed by atoms with Gasteiger partial charge in [-0.1, -0.05) is 25.5 Å². The molecule has 0 aliphatic carbocycles. The molecule has 0 radical (unpaired) electrons. The van der Waals surface area contributed by atoms with Crippen molar-refractivity contribution in [1.82, 2.24) is 4.90 Å². The molecule has 26 heavy (non-hydrogen) atoms. The van der Waals surface area contributed by atoms with Crippen LogP contribution in [0, 0.1) is 0 Å². The fraction of sp³-hybridized carbons (Fsp3) is 0.667. The number of carbonyl (C=O) groups excluding carboxylic acids is 1. The van der Waals surface area contributed by atoms with E-state index in [4.69, 9.17) is 4.74 Å². The maximum atomic E-state index is 12.8. The summed E-state index contributed by atoms with van der Waals surface area (Å²) in [5.41, 5.74) is 0.452. The minimum atomic E-state index is -1.13. The van der Waals surface area contributed by atoms with Crippen LogP contribution in [0.3, 0.4) is 0 Å². The molecule has 2 aliphatic rings. The number of rotatable bonds is 4. The van der Waals surface area contributed by atoms with Crippen molar-refractivity contribution in [3.8, 4) is 0 Å². The van der Waals surface area contributed by atoms with Gasteiger partial charge in [-0.2, -0.15) is 0 Å². The van der Waals surface area contributed by atoms with E-state index in [-0.39, 0.29) is 12.5 Å². The van der Waals surface area contributed by atoms with Crippen LogP contribution in [0.25, 0.3) is 0 Å². The van der Waals surface area contributed by atoms with Crippen LogP contribution in [0.2, 0.25) is 0 Å². The summed E-state index contributed by atoms with van der Waals surface area (Å²) in [5, 5.41) is 20.3. The summed E-state index contributed by atoms with van der Waals surface area (Å²) < 4.78 is 5.89. The highest BCUT2D eigenvalue weighted by Crippen LogP contribution is 2.39. The van der Waals surface area contributed by atoms with E-state index in [1.165, 1.54) is 18.4 Å². The molecule has 1 spiro atoms. The van der Waals surface area contributed by atoms with E-state index >= 15 is 0 Å². The van der Waals surface area contributed by atoms with Gasteiger partial charge < -0.3 is 19.8 Å². The number of piperidine rings is 1. The molecule has 2 aliphatic heterocycles. The number of likely N-dealkylation sites (tertiary alicyclic amines) is 1. The topological polar surface area (TPSA) is 70.0 Å². The summed E-state index contributed by atoms with van der Waals surface area (Å²) in [4.78, 5) is 14.6. The van der Waals surface area contributed by atoms with Gasteiger partial charge in [0.25, 0.3) is 5.91 Å². The molecule has 2 atom stereocenters. The molecule has 5 nitrogen and oxygen atoms in total. The molecular formula is C21H31NO4. The number of hydrogen-bond acceptors (Lipinski definition) is 4. The number of unbranched alkanes of at least 4 members (excludes halogenated alkanes) is 1. The molecule has 1 amide bonds. The molecule has 3 rings (SSSR count). The van der Waals surface area contributed by atoms with E-state index in [0.717, 1.165) is 12.0 Å². The van der Waals surface area contributed by atoms with E-state index in [2.05, 4.69) is 19.1 Å². The van der Waals surface area contributed by atoms with Crippen LogP contribution in [-0.2, 0) is 11.2 Å². The standard InChI is InChI=1S/C21H31NO4/c1-3-4-5-16-6-8-17(9-7-16)19(24)22-12-10-21(11-13-22)15-20(2,25)18(23)14-26-21/h6-9,18,23,25H,3-5,10-15H2,1-2H3/t18-,20-/m0/s1. The Morgan fingerprint density at radius 3 is 2.50 bits per heavy atom. The Balaban J connectivity index is 1.58. The molecule has 0 bridgehead atoms. The number of aliphatic hydroxyl groups excluding tert-OH is 1. The summed E-state index contributed by atoms with van der Waals surface area (Å²) in [6.45, 7) is 5.22. The molecule has 0 aromatic heterocycles. The van der Waals surface area contributed by atoms with Crippen molar-refractivity contribution in [3.05, 3.63) is 35.4 Å².